The zero-order chi connectivity index (χ0) is 19.5. The summed E-state index contributed by atoms with van der Waals surface area (Å²) in [6.07, 6.45) is 1.43. The number of anilines is 1. The van der Waals surface area contributed by atoms with Gasteiger partial charge >= 0.3 is 0 Å². The van der Waals surface area contributed by atoms with E-state index in [2.05, 4.69) is 36.4 Å². The number of amides is 1. The number of nitrogens with zero attached hydrogens (tertiary/aromatic N) is 8. The summed E-state index contributed by atoms with van der Waals surface area (Å²) < 4.78 is 8.34. The molecule has 4 rings (SSSR count). The molecule has 1 amide bonds. The average molecular weight is 377 g/mol. The SMILES string of the molecule is COc1ccc(NC(=O)c2ccccc2-n2cnnn2)cc1-n1nnnc1C. The number of aromatic nitrogens is 8. The third kappa shape index (κ3) is 3.16. The third-order valence-corrected chi connectivity index (χ3v) is 4.03. The Labute approximate surface area is 158 Å². The van der Waals surface area contributed by atoms with Gasteiger partial charge in [-0.2, -0.15) is 9.36 Å². The van der Waals surface area contributed by atoms with E-state index in [-0.39, 0.29) is 5.91 Å². The molecule has 11 nitrogen and oxygen atoms in total. The topological polar surface area (TPSA) is 126 Å². The van der Waals surface area contributed by atoms with Crippen LogP contribution in [0.2, 0.25) is 0 Å². The zero-order valence-electron chi connectivity index (χ0n) is 15.0. The molecule has 0 spiro atoms. The molecule has 28 heavy (non-hydrogen) atoms. The van der Waals surface area contributed by atoms with Crippen LogP contribution in [0.5, 0.6) is 5.75 Å². The van der Waals surface area contributed by atoms with Gasteiger partial charge in [-0.1, -0.05) is 12.1 Å². The molecular formula is C17H15N9O2. The molecule has 4 aromatic rings. The maximum absolute atomic E-state index is 12.9. The van der Waals surface area contributed by atoms with Gasteiger partial charge in [0.15, 0.2) is 5.82 Å². The fourth-order valence-electron chi connectivity index (χ4n) is 2.72. The Kier molecular flexibility index (Phi) is 4.46. The lowest BCUT2D eigenvalue weighted by atomic mass is 10.1. The summed E-state index contributed by atoms with van der Waals surface area (Å²) >= 11 is 0. The second-order valence-corrected chi connectivity index (χ2v) is 5.75. The summed E-state index contributed by atoms with van der Waals surface area (Å²) in [5.41, 5.74) is 2.15. The number of methoxy groups -OCH3 is 1. The van der Waals surface area contributed by atoms with E-state index in [0.717, 1.165) is 0 Å². The molecular weight excluding hydrogens is 362 g/mol. The van der Waals surface area contributed by atoms with Crippen molar-refractivity contribution < 1.29 is 9.53 Å². The lowest BCUT2D eigenvalue weighted by molar-refractivity contribution is 0.102. The lowest BCUT2D eigenvalue weighted by Gasteiger charge is -2.13. The van der Waals surface area contributed by atoms with Gasteiger partial charge in [0.1, 0.15) is 17.8 Å². The van der Waals surface area contributed by atoms with E-state index in [1.807, 2.05) is 0 Å². The maximum atomic E-state index is 12.9. The number of carbonyl (C=O) groups is 1. The molecule has 2 heterocycles. The quantitative estimate of drug-likeness (QED) is 0.550. The molecule has 0 radical (unpaired) electrons. The third-order valence-electron chi connectivity index (χ3n) is 4.03. The molecule has 0 atom stereocenters. The number of aryl methyl sites for hydroxylation is 1. The summed E-state index contributed by atoms with van der Waals surface area (Å²) in [4.78, 5) is 12.9. The van der Waals surface area contributed by atoms with Gasteiger partial charge in [-0.15, -0.1) is 10.2 Å². The number of hydrogen-bond donors (Lipinski definition) is 1. The highest BCUT2D eigenvalue weighted by Crippen LogP contribution is 2.27. The molecule has 140 valence electrons. The first-order valence-electron chi connectivity index (χ1n) is 8.24. The highest BCUT2D eigenvalue weighted by molar-refractivity contribution is 6.06. The molecule has 0 unspecified atom stereocenters. The van der Waals surface area contributed by atoms with Crippen molar-refractivity contribution in [2.75, 3.05) is 12.4 Å². The van der Waals surface area contributed by atoms with Crippen molar-refractivity contribution in [2.45, 2.75) is 6.92 Å². The standard InChI is InChI=1S/C17H15N9O2/c1-11-20-22-24-26(11)15-9-12(7-8-16(15)28-2)19-17(27)13-5-3-4-6-14(13)25-10-18-21-23-25/h3-10H,1-2H3,(H,19,27). The van der Waals surface area contributed by atoms with Crippen molar-refractivity contribution in [2.24, 2.45) is 0 Å². The smallest absolute Gasteiger partial charge is 0.257 e. The van der Waals surface area contributed by atoms with Gasteiger partial charge in [-0.25, -0.2) is 0 Å². The van der Waals surface area contributed by atoms with Crippen LogP contribution in [-0.2, 0) is 0 Å². The van der Waals surface area contributed by atoms with Gasteiger partial charge in [-0.3, -0.25) is 4.79 Å². The number of carbonyl (C=O) groups excluding carboxylic acids is 1. The number of rotatable bonds is 5. The number of tetrazole rings is 2. The molecule has 0 aliphatic carbocycles. The summed E-state index contributed by atoms with van der Waals surface area (Å²) in [7, 11) is 1.55. The van der Waals surface area contributed by atoms with Crippen LogP contribution in [0.25, 0.3) is 11.4 Å². The predicted octanol–water partition coefficient (Wildman–Crippen LogP) is 1.21. The monoisotopic (exact) mass is 377 g/mol. The van der Waals surface area contributed by atoms with Crippen molar-refractivity contribution >= 4 is 11.6 Å². The first-order chi connectivity index (χ1) is 13.7. The lowest BCUT2D eigenvalue weighted by Crippen LogP contribution is -2.15. The maximum Gasteiger partial charge on any atom is 0.257 e. The summed E-state index contributed by atoms with van der Waals surface area (Å²) in [5, 5.41) is 25.4. The summed E-state index contributed by atoms with van der Waals surface area (Å²) in [5.74, 6) is 0.851. The van der Waals surface area contributed by atoms with Gasteiger partial charge < -0.3 is 10.1 Å². The molecule has 1 N–H and O–H groups in total. The highest BCUT2D eigenvalue weighted by Gasteiger charge is 2.16. The number of ether oxygens (including phenoxy) is 1. The Morgan fingerprint density at radius 3 is 2.64 bits per heavy atom. The van der Waals surface area contributed by atoms with Crippen molar-refractivity contribution in [3.63, 3.8) is 0 Å². The second kappa shape index (κ2) is 7.23. The molecule has 0 aliphatic rings. The highest BCUT2D eigenvalue weighted by atomic mass is 16.5. The summed E-state index contributed by atoms with van der Waals surface area (Å²) in [6.45, 7) is 1.77. The van der Waals surface area contributed by atoms with E-state index in [1.165, 1.54) is 15.7 Å². The van der Waals surface area contributed by atoms with Crippen molar-refractivity contribution in [3.05, 3.63) is 60.2 Å². The van der Waals surface area contributed by atoms with Crippen molar-refractivity contribution in [1.82, 2.24) is 40.4 Å². The minimum absolute atomic E-state index is 0.310. The van der Waals surface area contributed by atoms with Crippen LogP contribution in [0.3, 0.4) is 0 Å². The van der Waals surface area contributed by atoms with Gasteiger partial charge in [0.2, 0.25) is 0 Å². The Hall–Kier alpha value is -4.15. The first-order valence-corrected chi connectivity index (χ1v) is 8.24. The number of benzene rings is 2. The van der Waals surface area contributed by atoms with Crippen LogP contribution in [0.15, 0.2) is 48.8 Å². The minimum Gasteiger partial charge on any atom is -0.494 e. The molecule has 2 aromatic heterocycles. The molecule has 0 saturated heterocycles. The fraction of sp³-hybridized carbons (Fsp3) is 0.118. The Morgan fingerprint density at radius 2 is 1.93 bits per heavy atom. The van der Waals surface area contributed by atoms with Crippen molar-refractivity contribution in [1.29, 1.82) is 0 Å². The minimum atomic E-state index is -0.310. The van der Waals surface area contributed by atoms with E-state index in [1.54, 1.807) is 56.5 Å². The average Bonchev–Trinajstić information content (AvgIpc) is 3.39. The molecule has 0 bridgehead atoms. The van der Waals surface area contributed by atoms with Crippen LogP contribution in [0, 0.1) is 6.92 Å². The molecule has 11 heteroatoms. The van der Waals surface area contributed by atoms with Gasteiger partial charge in [0, 0.05) is 5.69 Å². The van der Waals surface area contributed by atoms with Gasteiger partial charge in [0.05, 0.1) is 18.4 Å². The van der Waals surface area contributed by atoms with E-state index < -0.39 is 0 Å². The van der Waals surface area contributed by atoms with Crippen LogP contribution in [0.4, 0.5) is 5.69 Å². The normalized spacial score (nSPS) is 10.6. The Morgan fingerprint density at radius 1 is 1.07 bits per heavy atom. The predicted molar refractivity (Wildman–Crippen MR) is 97.6 cm³/mol. The first kappa shape index (κ1) is 17.3. The van der Waals surface area contributed by atoms with Gasteiger partial charge in [0.25, 0.3) is 5.91 Å². The van der Waals surface area contributed by atoms with Crippen LogP contribution < -0.4 is 10.1 Å². The fourth-order valence-corrected chi connectivity index (χ4v) is 2.72. The van der Waals surface area contributed by atoms with Crippen LogP contribution >= 0.6 is 0 Å². The van der Waals surface area contributed by atoms with E-state index in [9.17, 15) is 4.79 Å². The number of para-hydroxylation sites is 1. The van der Waals surface area contributed by atoms with Crippen molar-refractivity contribution in [3.8, 4) is 17.1 Å². The van der Waals surface area contributed by atoms with Gasteiger partial charge in [-0.05, 0) is 58.1 Å². The summed E-state index contributed by atoms with van der Waals surface area (Å²) in [6, 6.07) is 12.2. The number of hydrogen-bond acceptors (Lipinski definition) is 8. The zero-order valence-corrected chi connectivity index (χ0v) is 15.0. The van der Waals surface area contributed by atoms with Crippen LogP contribution in [0.1, 0.15) is 16.2 Å². The van der Waals surface area contributed by atoms with E-state index in [4.69, 9.17) is 4.74 Å². The molecule has 0 saturated carbocycles. The van der Waals surface area contributed by atoms with E-state index >= 15 is 0 Å². The molecule has 2 aromatic carbocycles. The molecule has 0 aliphatic heterocycles. The van der Waals surface area contributed by atoms with E-state index in [0.29, 0.717) is 34.2 Å². The molecule has 0 fully saturated rings. The largest absolute Gasteiger partial charge is 0.494 e. The Bertz CT molecular complexity index is 1120. The Balaban J connectivity index is 1.67. The second-order valence-electron chi connectivity index (χ2n) is 5.75. The van der Waals surface area contributed by atoms with Crippen LogP contribution in [-0.4, -0.2) is 53.4 Å². The number of nitrogens with one attached hydrogen (secondary N) is 1.